The summed E-state index contributed by atoms with van der Waals surface area (Å²) < 4.78 is 52.8. The molecule has 12 heteroatoms. The van der Waals surface area contributed by atoms with E-state index in [1.807, 2.05) is 55.5 Å². The van der Waals surface area contributed by atoms with Crippen LogP contribution < -0.4 is 14.9 Å². The first kappa shape index (κ1) is 31.1. The topological polar surface area (TPSA) is 65.6 Å². The van der Waals surface area contributed by atoms with E-state index in [-0.39, 0.29) is 21.5 Å². The third-order valence-electron chi connectivity index (χ3n) is 7.59. The summed E-state index contributed by atoms with van der Waals surface area (Å²) >= 11 is 10.4. The lowest BCUT2D eigenvalue weighted by molar-refractivity contribution is -0.140. The standard InChI is InChI=1S/C33H24BrClF3N3O3S/c1-3-44-31(43)27-28(20-10-14-22(35)15-11-20)41-30(42)26(45-32(41)39-29(27)33(36,37)38)16-24-18(2)40(25-7-5-4-6-23(24)25)17-19-8-12-21(34)13-9-19/h4-16,28H,3,17H2,1-2H3/b26-16-/t28-/m1/s1. The van der Waals surface area contributed by atoms with E-state index in [9.17, 15) is 22.8 Å². The second kappa shape index (κ2) is 12.1. The van der Waals surface area contributed by atoms with Gasteiger partial charge in [0.15, 0.2) is 10.5 Å². The maximum absolute atomic E-state index is 14.4. The van der Waals surface area contributed by atoms with Gasteiger partial charge in [0.05, 0.1) is 22.8 Å². The smallest absolute Gasteiger partial charge is 0.434 e. The molecular weight excluding hydrogens is 691 g/mol. The highest BCUT2D eigenvalue weighted by molar-refractivity contribution is 9.10. The van der Waals surface area contributed by atoms with E-state index >= 15 is 0 Å². The van der Waals surface area contributed by atoms with Crippen LogP contribution in [-0.4, -0.2) is 27.9 Å². The van der Waals surface area contributed by atoms with Gasteiger partial charge in [-0.25, -0.2) is 9.79 Å². The third-order valence-corrected chi connectivity index (χ3v) is 9.35. The fourth-order valence-corrected chi connectivity index (χ4v) is 6.92. The monoisotopic (exact) mass is 713 g/mol. The Morgan fingerprint density at radius 2 is 1.78 bits per heavy atom. The molecule has 0 fully saturated rings. The molecule has 3 aromatic carbocycles. The van der Waals surface area contributed by atoms with Crippen molar-refractivity contribution in [3.8, 4) is 0 Å². The van der Waals surface area contributed by atoms with Gasteiger partial charge in [-0.3, -0.25) is 9.36 Å². The molecule has 5 aromatic rings. The lowest BCUT2D eigenvalue weighted by atomic mass is 9.95. The van der Waals surface area contributed by atoms with Crippen LogP contribution in [0.3, 0.4) is 0 Å². The predicted octanol–water partition coefficient (Wildman–Crippen LogP) is 7.07. The minimum atomic E-state index is -4.99. The number of ether oxygens (including phenoxy) is 1. The number of aromatic nitrogens is 2. The molecule has 2 aromatic heterocycles. The normalized spacial score (nSPS) is 15.4. The van der Waals surface area contributed by atoms with E-state index in [0.29, 0.717) is 11.6 Å². The summed E-state index contributed by atoms with van der Waals surface area (Å²) in [5.41, 5.74) is 1.19. The van der Waals surface area contributed by atoms with Crippen molar-refractivity contribution >= 4 is 61.8 Å². The number of alkyl halides is 3. The van der Waals surface area contributed by atoms with E-state index in [2.05, 4.69) is 25.5 Å². The van der Waals surface area contributed by atoms with Gasteiger partial charge in [-0.05, 0) is 61.4 Å². The number of allylic oxidation sites excluding steroid dienone is 1. The van der Waals surface area contributed by atoms with Gasteiger partial charge in [-0.2, -0.15) is 13.2 Å². The van der Waals surface area contributed by atoms with Crippen molar-refractivity contribution in [3.63, 3.8) is 0 Å². The Balaban J connectivity index is 1.59. The molecule has 6 nitrogen and oxygen atoms in total. The van der Waals surface area contributed by atoms with Crippen LogP contribution >= 0.6 is 38.9 Å². The molecule has 0 saturated carbocycles. The third kappa shape index (κ3) is 5.80. The number of thiazole rings is 1. The SMILES string of the molecule is CCOC(=O)C1=C(C(F)(F)F)N=c2s/c(=C\c3c(C)n(Cc4ccc(Br)cc4)c4ccccc34)c(=O)n2[C@@H]1c1ccc(Cl)cc1. The first-order chi connectivity index (χ1) is 21.5. The second-order valence-electron chi connectivity index (χ2n) is 10.3. The number of fused-ring (bicyclic) bond motifs is 2. The van der Waals surface area contributed by atoms with Crippen LogP contribution in [0.5, 0.6) is 0 Å². The molecule has 0 spiro atoms. The Bertz CT molecular complexity index is 2170. The minimum Gasteiger partial charge on any atom is -0.463 e. The van der Waals surface area contributed by atoms with Crippen molar-refractivity contribution in [1.82, 2.24) is 9.13 Å². The molecule has 0 bridgehead atoms. The lowest BCUT2D eigenvalue weighted by Gasteiger charge is -2.26. The van der Waals surface area contributed by atoms with E-state index in [4.69, 9.17) is 16.3 Å². The highest BCUT2D eigenvalue weighted by Gasteiger charge is 2.45. The second-order valence-corrected chi connectivity index (χ2v) is 12.7. The molecular formula is C33H24BrClF3N3O3S. The van der Waals surface area contributed by atoms with Crippen molar-refractivity contribution in [2.45, 2.75) is 32.6 Å². The summed E-state index contributed by atoms with van der Waals surface area (Å²) in [6, 6.07) is 20.3. The number of carbonyl (C=O) groups is 1. The fourth-order valence-electron chi connectivity index (χ4n) is 5.55. The highest BCUT2D eigenvalue weighted by Crippen LogP contribution is 2.38. The van der Waals surface area contributed by atoms with Gasteiger partial charge in [0.2, 0.25) is 0 Å². The van der Waals surface area contributed by atoms with Gasteiger partial charge in [0.25, 0.3) is 5.56 Å². The van der Waals surface area contributed by atoms with E-state index in [1.165, 1.54) is 31.2 Å². The van der Waals surface area contributed by atoms with Crippen molar-refractivity contribution < 1.29 is 22.7 Å². The number of hydrogen-bond donors (Lipinski definition) is 0. The first-order valence-electron chi connectivity index (χ1n) is 13.9. The summed E-state index contributed by atoms with van der Waals surface area (Å²) in [5, 5.41) is 1.23. The maximum atomic E-state index is 14.4. The Hall–Kier alpha value is -3.93. The highest BCUT2D eigenvalue weighted by atomic mass is 79.9. The number of nitrogens with zero attached hydrogens (tertiary/aromatic N) is 3. The van der Waals surface area contributed by atoms with Gasteiger partial charge in [-0.1, -0.05) is 81.3 Å². The predicted molar refractivity (Wildman–Crippen MR) is 172 cm³/mol. The first-order valence-corrected chi connectivity index (χ1v) is 15.8. The van der Waals surface area contributed by atoms with Crippen LogP contribution in [0.1, 0.15) is 35.3 Å². The quantitative estimate of drug-likeness (QED) is 0.177. The number of esters is 1. The number of halogens is 5. The summed E-state index contributed by atoms with van der Waals surface area (Å²) in [7, 11) is 0. The maximum Gasteiger partial charge on any atom is 0.434 e. The van der Waals surface area contributed by atoms with Gasteiger partial charge < -0.3 is 9.30 Å². The molecule has 0 N–H and O–H groups in total. The van der Waals surface area contributed by atoms with Crippen LogP contribution in [0.2, 0.25) is 5.02 Å². The van der Waals surface area contributed by atoms with Crippen molar-refractivity contribution in [2.75, 3.05) is 6.61 Å². The molecule has 1 atom stereocenters. The Morgan fingerprint density at radius 3 is 2.44 bits per heavy atom. The zero-order valence-corrected chi connectivity index (χ0v) is 27.0. The van der Waals surface area contributed by atoms with Gasteiger partial charge in [0, 0.05) is 38.2 Å². The fraction of sp³-hybridized carbons (Fsp3) is 0.182. The number of hydrogen-bond acceptors (Lipinski definition) is 5. The molecule has 6 rings (SSSR count). The van der Waals surface area contributed by atoms with Gasteiger partial charge >= 0.3 is 12.1 Å². The molecule has 45 heavy (non-hydrogen) atoms. The largest absolute Gasteiger partial charge is 0.463 e. The number of para-hydroxylation sites is 1. The molecule has 0 saturated heterocycles. The van der Waals surface area contributed by atoms with Gasteiger partial charge in [0.1, 0.15) is 0 Å². The molecule has 1 aliphatic heterocycles. The van der Waals surface area contributed by atoms with E-state index in [1.54, 1.807) is 6.08 Å². The summed E-state index contributed by atoms with van der Waals surface area (Å²) in [5.74, 6) is -1.20. The summed E-state index contributed by atoms with van der Waals surface area (Å²) in [6.07, 6.45) is -3.29. The van der Waals surface area contributed by atoms with Crippen LogP contribution in [0.25, 0.3) is 17.0 Å². The average molecular weight is 715 g/mol. The van der Waals surface area contributed by atoms with Crippen LogP contribution in [0, 0.1) is 6.92 Å². The Kier molecular flexibility index (Phi) is 8.36. The molecule has 230 valence electrons. The van der Waals surface area contributed by atoms with E-state index < -0.39 is 35.0 Å². The molecule has 1 aliphatic rings. The van der Waals surface area contributed by atoms with Crippen LogP contribution in [0.15, 0.2) is 98.3 Å². The van der Waals surface area contributed by atoms with Crippen molar-refractivity contribution in [1.29, 1.82) is 0 Å². The Morgan fingerprint density at radius 1 is 1.09 bits per heavy atom. The molecule has 3 heterocycles. The lowest BCUT2D eigenvalue weighted by Crippen LogP contribution is -2.41. The number of benzene rings is 3. The molecule has 0 radical (unpaired) electrons. The van der Waals surface area contributed by atoms with Crippen molar-refractivity contribution in [3.05, 3.63) is 136 Å². The summed E-state index contributed by atoms with van der Waals surface area (Å²) in [6.45, 7) is 3.85. The minimum absolute atomic E-state index is 0.158. The zero-order valence-electron chi connectivity index (χ0n) is 23.9. The number of rotatable bonds is 6. The Labute approximate surface area is 272 Å². The summed E-state index contributed by atoms with van der Waals surface area (Å²) in [4.78, 5) is 30.9. The zero-order chi connectivity index (χ0) is 32.0. The molecule has 0 aliphatic carbocycles. The average Bonchev–Trinajstić information content (AvgIpc) is 3.46. The molecule has 0 unspecified atom stereocenters. The van der Waals surface area contributed by atoms with Crippen molar-refractivity contribution in [2.24, 2.45) is 4.99 Å². The molecule has 0 amide bonds. The van der Waals surface area contributed by atoms with Crippen LogP contribution in [-0.2, 0) is 16.1 Å². The number of carbonyl (C=O) groups excluding carboxylic acids is 1. The van der Waals surface area contributed by atoms with E-state index in [0.717, 1.165) is 48.1 Å². The van der Waals surface area contributed by atoms with Gasteiger partial charge in [-0.15, -0.1) is 0 Å². The van der Waals surface area contributed by atoms with Crippen LogP contribution in [0.4, 0.5) is 13.2 Å².